The van der Waals surface area contributed by atoms with Crippen molar-refractivity contribution in [3.05, 3.63) is 33.8 Å². The van der Waals surface area contributed by atoms with Crippen molar-refractivity contribution in [2.24, 2.45) is 5.41 Å². The average molecular weight is 298 g/mol. The van der Waals surface area contributed by atoms with Crippen molar-refractivity contribution >= 4 is 23.2 Å². The summed E-state index contributed by atoms with van der Waals surface area (Å²) in [4.78, 5) is 0. The van der Waals surface area contributed by atoms with Gasteiger partial charge >= 0.3 is 0 Å². The SMILES string of the molecule is CNCC1(c2ccc(Cl)cc2Cl)CC2(CCCC2)C1. The lowest BCUT2D eigenvalue weighted by Gasteiger charge is -2.56. The summed E-state index contributed by atoms with van der Waals surface area (Å²) in [5.74, 6) is 0. The number of nitrogens with one attached hydrogen (secondary N) is 1. The summed E-state index contributed by atoms with van der Waals surface area (Å²) in [6, 6.07) is 5.99. The van der Waals surface area contributed by atoms with Crippen LogP contribution in [-0.2, 0) is 5.41 Å². The molecular formula is C16H21Cl2N. The van der Waals surface area contributed by atoms with E-state index in [1.54, 1.807) is 0 Å². The Labute approximate surface area is 125 Å². The molecule has 0 radical (unpaired) electrons. The van der Waals surface area contributed by atoms with Gasteiger partial charge in [-0.2, -0.15) is 0 Å². The Balaban J connectivity index is 1.90. The van der Waals surface area contributed by atoms with E-state index in [1.165, 1.54) is 44.1 Å². The first-order chi connectivity index (χ1) is 9.09. The molecule has 1 nitrogen and oxygen atoms in total. The number of rotatable bonds is 3. The summed E-state index contributed by atoms with van der Waals surface area (Å²) in [7, 11) is 2.03. The fraction of sp³-hybridized carbons (Fsp3) is 0.625. The molecule has 0 atom stereocenters. The molecule has 1 aromatic carbocycles. The average Bonchev–Trinajstić information content (AvgIpc) is 2.77. The van der Waals surface area contributed by atoms with Gasteiger partial charge in [-0.3, -0.25) is 0 Å². The smallest absolute Gasteiger partial charge is 0.0458 e. The third kappa shape index (κ3) is 2.30. The zero-order valence-electron chi connectivity index (χ0n) is 11.4. The lowest BCUT2D eigenvalue weighted by molar-refractivity contribution is 0.0283. The van der Waals surface area contributed by atoms with Crippen molar-refractivity contribution in [1.82, 2.24) is 5.32 Å². The van der Waals surface area contributed by atoms with Crippen LogP contribution in [0.3, 0.4) is 0 Å². The molecule has 19 heavy (non-hydrogen) atoms. The fourth-order valence-electron chi connectivity index (χ4n) is 4.53. The van der Waals surface area contributed by atoms with Crippen LogP contribution >= 0.6 is 23.2 Å². The molecular weight excluding hydrogens is 277 g/mol. The van der Waals surface area contributed by atoms with Gasteiger partial charge in [0.2, 0.25) is 0 Å². The Kier molecular flexibility index (Phi) is 3.57. The summed E-state index contributed by atoms with van der Waals surface area (Å²) in [6.07, 6.45) is 8.19. The van der Waals surface area contributed by atoms with Gasteiger partial charge < -0.3 is 5.32 Å². The van der Waals surface area contributed by atoms with Crippen molar-refractivity contribution in [3.63, 3.8) is 0 Å². The van der Waals surface area contributed by atoms with Crippen LogP contribution in [0.25, 0.3) is 0 Å². The van der Waals surface area contributed by atoms with E-state index in [0.29, 0.717) is 5.41 Å². The first-order valence-corrected chi connectivity index (χ1v) is 7.95. The molecule has 2 saturated carbocycles. The molecule has 0 amide bonds. The number of likely N-dealkylation sites (N-methyl/N-ethyl adjacent to an activating group) is 1. The molecule has 104 valence electrons. The zero-order chi connectivity index (χ0) is 13.5. The Morgan fingerprint density at radius 2 is 1.84 bits per heavy atom. The second kappa shape index (κ2) is 4.95. The predicted molar refractivity (Wildman–Crippen MR) is 82.2 cm³/mol. The van der Waals surface area contributed by atoms with Crippen LogP contribution in [0.5, 0.6) is 0 Å². The molecule has 0 saturated heterocycles. The molecule has 3 heteroatoms. The third-order valence-corrected chi connectivity index (χ3v) is 5.66. The minimum Gasteiger partial charge on any atom is -0.319 e. The molecule has 0 aliphatic heterocycles. The van der Waals surface area contributed by atoms with E-state index in [0.717, 1.165) is 16.6 Å². The summed E-state index contributed by atoms with van der Waals surface area (Å²) >= 11 is 12.5. The third-order valence-electron chi connectivity index (χ3n) is 5.11. The first-order valence-electron chi connectivity index (χ1n) is 7.19. The van der Waals surface area contributed by atoms with Crippen LogP contribution in [0, 0.1) is 5.41 Å². The highest BCUT2D eigenvalue weighted by atomic mass is 35.5. The van der Waals surface area contributed by atoms with Crippen molar-refractivity contribution < 1.29 is 0 Å². The number of benzene rings is 1. The maximum absolute atomic E-state index is 6.45. The molecule has 0 bridgehead atoms. The Morgan fingerprint density at radius 3 is 2.42 bits per heavy atom. The maximum Gasteiger partial charge on any atom is 0.0458 e. The van der Waals surface area contributed by atoms with Crippen LogP contribution in [0.2, 0.25) is 10.0 Å². The van der Waals surface area contributed by atoms with Crippen LogP contribution in [0.1, 0.15) is 44.1 Å². The van der Waals surface area contributed by atoms with Crippen LogP contribution in [-0.4, -0.2) is 13.6 Å². The van der Waals surface area contributed by atoms with E-state index in [-0.39, 0.29) is 5.41 Å². The molecule has 2 aliphatic rings. The van der Waals surface area contributed by atoms with E-state index in [4.69, 9.17) is 23.2 Å². The molecule has 0 unspecified atom stereocenters. The molecule has 0 aromatic heterocycles. The molecule has 1 spiro atoms. The van der Waals surface area contributed by atoms with Crippen molar-refractivity contribution in [1.29, 1.82) is 0 Å². The van der Waals surface area contributed by atoms with Gasteiger partial charge in [0.15, 0.2) is 0 Å². The Hall–Kier alpha value is -0.240. The van der Waals surface area contributed by atoms with Gasteiger partial charge in [-0.25, -0.2) is 0 Å². The summed E-state index contributed by atoms with van der Waals surface area (Å²) < 4.78 is 0. The van der Waals surface area contributed by atoms with Gasteiger partial charge in [-0.05, 0) is 55.8 Å². The van der Waals surface area contributed by atoms with Gasteiger partial charge in [0.1, 0.15) is 0 Å². The highest BCUT2D eigenvalue weighted by Crippen LogP contribution is 2.63. The molecule has 2 aliphatic carbocycles. The highest BCUT2D eigenvalue weighted by Gasteiger charge is 2.55. The van der Waals surface area contributed by atoms with Crippen molar-refractivity contribution in [2.45, 2.75) is 43.9 Å². The molecule has 0 heterocycles. The molecule has 3 rings (SSSR count). The predicted octanol–water partition coefficient (Wildman–Crippen LogP) is 4.80. The summed E-state index contributed by atoms with van der Waals surface area (Å²) in [6.45, 7) is 1.01. The van der Waals surface area contributed by atoms with Crippen molar-refractivity contribution in [3.8, 4) is 0 Å². The lowest BCUT2D eigenvalue weighted by Crippen LogP contribution is -2.53. The number of hydrogen-bond acceptors (Lipinski definition) is 1. The number of halogens is 2. The Bertz CT molecular complexity index is 470. The second-order valence-electron chi connectivity index (χ2n) is 6.50. The van der Waals surface area contributed by atoms with Gasteiger partial charge in [-0.1, -0.05) is 42.1 Å². The zero-order valence-corrected chi connectivity index (χ0v) is 12.9. The van der Waals surface area contributed by atoms with Gasteiger partial charge in [0, 0.05) is 22.0 Å². The van der Waals surface area contributed by atoms with Gasteiger partial charge in [0.05, 0.1) is 0 Å². The van der Waals surface area contributed by atoms with E-state index in [1.807, 2.05) is 19.2 Å². The van der Waals surface area contributed by atoms with Crippen LogP contribution in [0.4, 0.5) is 0 Å². The maximum atomic E-state index is 6.45. The Morgan fingerprint density at radius 1 is 1.16 bits per heavy atom. The van der Waals surface area contributed by atoms with Gasteiger partial charge in [0.25, 0.3) is 0 Å². The van der Waals surface area contributed by atoms with E-state index in [9.17, 15) is 0 Å². The highest BCUT2D eigenvalue weighted by molar-refractivity contribution is 6.35. The van der Waals surface area contributed by atoms with Crippen molar-refractivity contribution in [2.75, 3.05) is 13.6 Å². The summed E-state index contributed by atoms with van der Waals surface area (Å²) in [5.41, 5.74) is 2.12. The van der Waals surface area contributed by atoms with E-state index >= 15 is 0 Å². The quantitative estimate of drug-likeness (QED) is 0.845. The van der Waals surface area contributed by atoms with E-state index in [2.05, 4.69) is 11.4 Å². The monoisotopic (exact) mass is 297 g/mol. The first kappa shape index (κ1) is 13.7. The largest absolute Gasteiger partial charge is 0.319 e. The minimum absolute atomic E-state index is 0.223. The molecule has 1 N–H and O–H groups in total. The normalized spacial score (nSPS) is 23.5. The topological polar surface area (TPSA) is 12.0 Å². The lowest BCUT2D eigenvalue weighted by atomic mass is 9.49. The second-order valence-corrected chi connectivity index (χ2v) is 7.34. The standard InChI is InChI=1S/C16H21Cl2N/c1-19-11-16(9-15(10-16)6-2-3-7-15)13-5-4-12(17)8-14(13)18/h4-5,8,19H,2-3,6-7,9-11H2,1H3. The molecule has 2 fully saturated rings. The van der Waals surface area contributed by atoms with Crippen LogP contribution < -0.4 is 5.32 Å². The number of hydrogen-bond donors (Lipinski definition) is 1. The minimum atomic E-state index is 0.223. The van der Waals surface area contributed by atoms with Gasteiger partial charge in [-0.15, -0.1) is 0 Å². The fourth-order valence-corrected chi connectivity index (χ4v) is 5.14. The summed E-state index contributed by atoms with van der Waals surface area (Å²) in [5, 5.41) is 4.92. The van der Waals surface area contributed by atoms with Crippen LogP contribution in [0.15, 0.2) is 18.2 Å². The van der Waals surface area contributed by atoms with E-state index < -0.39 is 0 Å². The molecule has 1 aromatic rings.